The monoisotopic (exact) mass is 277 g/mol. The summed E-state index contributed by atoms with van der Waals surface area (Å²) in [7, 11) is 0. The minimum atomic E-state index is -0.675. The number of halogens is 2. The molecule has 0 spiro atoms. The van der Waals surface area contributed by atoms with E-state index in [4.69, 9.17) is 23.2 Å². The second kappa shape index (κ2) is 6.57. The lowest BCUT2D eigenvalue weighted by Crippen LogP contribution is -2.50. The Labute approximate surface area is 111 Å². The predicted molar refractivity (Wildman–Crippen MR) is 70.5 cm³/mol. The van der Waals surface area contributed by atoms with E-state index in [1.165, 1.54) is 0 Å². The van der Waals surface area contributed by atoms with E-state index >= 15 is 0 Å². The summed E-state index contributed by atoms with van der Waals surface area (Å²) in [5, 5.41) is 22.7. The first-order chi connectivity index (χ1) is 8.08. The SMILES string of the molecule is CCC(CO)(CO)NCc1cccc(Cl)c1Cl. The Morgan fingerprint density at radius 3 is 2.41 bits per heavy atom. The smallest absolute Gasteiger partial charge is 0.0648 e. The third-order valence-corrected chi connectivity index (χ3v) is 3.83. The normalized spacial score (nSPS) is 11.8. The van der Waals surface area contributed by atoms with Crippen molar-refractivity contribution >= 4 is 23.2 Å². The van der Waals surface area contributed by atoms with Crippen molar-refractivity contribution in [1.82, 2.24) is 5.32 Å². The Balaban J connectivity index is 2.75. The fourth-order valence-electron chi connectivity index (χ4n) is 1.48. The molecule has 96 valence electrons. The van der Waals surface area contributed by atoms with Gasteiger partial charge in [0, 0.05) is 6.54 Å². The standard InChI is InChI=1S/C12H17Cl2NO2/c1-2-12(7-16,8-17)15-6-9-4-3-5-10(13)11(9)14/h3-5,15-17H,2,6-8H2,1H3. The summed E-state index contributed by atoms with van der Waals surface area (Å²) in [4.78, 5) is 0. The van der Waals surface area contributed by atoms with Crippen molar-refractivity contribution in [2.75, 3.05) is 13.2 Å². The molecule has 3 N–H and O–H groups in total. The fourth-order valence-corrected chi connectivity index (χ4v) is 1.87. The maximum Gasteiger partial charge on any atom is 0.0648 e. The van der Waals surface area contributed by atoms with Crippen molar-refractivity contribution in [3.05, 3.63) is 33.8 Å². The van der Waals surface area contributed by atoms with Gasteiger partial charge in [-0.2, -0.15) is 0 Å². The molecule has 0 aliphatic heterocycles. The molecule has 5 heteroatoms. The van der Waals surface area contributed by atoms with Gasteiger partial charge < -0.3 is 15.5 Å². The maximum atomic E-state index is 9.30. The highest BCUT2D eigenvalue weighted by atomic mass is 35.5. The highest BCUT2D eigenvalue weighted by Gasteiger charge is 2.25. The first-order valence-corrected chi connectivity index (χ1v) is 6.24. The summed E-state index contributed by atoms with van der Waals surface area (Å²) in [5.74, 6) is 0. The Hall–Kier alpha value is -0.320. The van der Waals surface area contributed by atoms with Crippen molar-refractivity contribution in [2.24, 2.45) is 0 Å². The molecule has 0 amide bonds. The first kappa shape index (κ1) is 14.7. The molecular formula is C12H17Cl2NO2. The van der Waals surface area contributed by atoms with Crippen molar-refractivity contribution in [3.8, 4) is 0 Å². The molecule has 1 aromatic rings. The lowest BCUT2D eigenvalue weighted by atomic mass is 9.98. The molecule has 0 atom stereocenters. The number of nitrogens with one attached hydrogen (secondary N) is 1. The van der Waals surface area contributed by atoms with Gasteiger partial charge in [-0.3, -0.25) is 0 Å². The number of aliphatic hydroxyl groups is 2. The second-order valence-corrected chi connectivity index (χ2v) is 4.80. The van der Waals surface area contributed by atoms with Crippen LogP contribution in [0, 0.1) is 0 Å². The van der Waals surface area contributed by atoms with E-state index in [9.17, 15) is 10.2 Å². The van der Waals surface area contributed by atoms with Gasteiger partial charge in [0.25, 0.3) is 0 Å². The van der Waals surface area contributed by atoms with Crippen LogP contribution in [0.15, 0.2) is 18.2 Å². The third-order valence-electron chi connectivity index (χ3n) is 2.97. The third kappa shape index (κ3) is 3.57. The molecule has 1 rings (SSSR count). The van der Waals surface area contributed by atoms with Crippen LogP contribution < -0.4 is 5.32 Å². The Morgan fingerprint density at radius 2 is 1.88 bits per heavy atom. The number of rotatable bonds is 6. The number of benzene rings is 1. The van der Waals surface area contributed by atoms with Crippen LogP contribution in [-0.2, 0) is 6.54 Å². The van der Waals surface area contributed by atoms with E-state index in [0.717, 1.165) is 5.56 Å². The molecule has 0 aromatic heterocycles. The molecule has 0 aliphatic rings. The quantitative estimate of drug-likeness (QED) is 0.748. The first-order valence-electron chi connectivity index (χ1n) is 5.48. The zero-order chi connectivity index (χ0) is 12.9. The lowest BCUT2D eigenvalue weighted by Gasteiger charge is -2.30. The van der Waals surface area contributed by atoms with Gasteiger partial charge >= 0.3 is 0 Å². The highest BCUT2D eigenvalue weighted by Crippen LogP contribution is 2.25. The summed E-state index contributed by atoms with van der Waals surface area (Å²) in [6.45, 7) is 2.10. The number of hydrogen-bond acceptors (Lipinski definition) is 3. The minimum Gasteiger partial charge on any atom is -0.394 e. The van der Waals surface area contributed by atoms with E-state index < -0.39 is 5.54 Å². The van der Waals surface area contributed by atoms with Gasteiger partial charge in [-0.25, -0.2) is 0 Å². The zero-order valence-corrected chi connectivity index (χ0v) is 11.2. The van der Waals surface area contributed by atoms with Crippen LogP contribution in [-0.4, -0.2) is 29.0 Å². The lowest BCUT2D eigenvalue weighted by molar-refractivity contribution is 0.0864. The van der Waals surface area contributed by atoms with Gasteiger partial charge in [0.2, 0.25) is 0 Å². The van der Waals surface area contributed by atoms with Gasteiger partial charge in [-0.15, -0.1) is 0 Å². The van der Waals surface area contributed by atoms with E-state index in [0.29, 0.717) is 23.0 Å². The van der Waals surface area contributed by atoms with Crippen LogP contribution >= 0.6 is 23.2 Å². The molecule has 0 radical (unpaired) electrons. The summed E-state index contributed by atoms with van der Waals surface area (Å²) in [5.41, 5.74) is 0.171. The van der Waals surface area contributed by atoms with Gasteiger partial charge in [-0.05, 0) is 18.1 Å². The Kier molecular flexibility index (Phi) is 5.70. The van der Waals surface area contributed by atoms with Crippen LogP contribution in [0.1, 0.15) is 18.9 Å². The summed E-state index contributed by atoms with van der Waals surface area (Å²) >= 11 is 12.0. The van der Waals surface area contributed by atoms with E-state index in [1.54, 1.807) is 6.07 Å². The second-order valence-electron chi connectivity index (χ2n) is 4.02. The molecule has 17 heavy (non-hydrogen) atoms. The highest BCUT2D eigenvalue weighted by molar-refractivity contribution is 6.42. The van der Waals surface area contributed by atoms with Gasteiger partial charge in [0.05, 0.1) is 28.8 Å². The van der Waals surface area contributed by atoms with Gasteiger partial charge in [0.1, 0.15) is 0 Å². The van der Waals surface area contributed by atoms with Gasteiger partial charge in [0.15, 0.2) is 0 Å². The molecule has 0 saturated carbocycles. The molecular weight excluding hydrogens is 261 g/mol. The largest absolute Gasteiger partial charge is 0.394 e. The Bertz CT molecular complexity index is 359. The molecule has 0 heterocycles. The van der Waals surface area contributed by atoms with Crippen LogP contribution in [0.5, 0.6) is 0 Å². The van der Waals surface area contributed by atoms with E-state index in [2.05, 4.69) is 5.32 Å². The molecule has 0 fully saturated rings. The predicted octanol–water partition coefficient (Wildman–Crippen LogP) is 2.22. The van der Waals surface area contributed by atoms with Crippen LogP contribution in [0.2, 0.25) is 10.0 Å². The van der Waals surface area contributed by atoms with Crippen molar-refractivity contribution in [2.45, 2.75) is 25.4 Å². The van der Waals surface area contributed by atoms with Crippen molar-refractivity contribution < 1.29 is 10.2 Å². The van der Waals surface area contributed by atoms with Crippen LogP contribution in [0.3, 0.4) is 0 Å². The van der Waals surface area contributed by atoms with E-state index in [-0.39, 0.29) is 13.2 Å². The number of hydrogen-bond donors (Lipinski definition) is 3. The molecule has 0 aliphatic carbocycles. The summed E-state index contributed by atoms with van der Waals surface area (Å²) in [6.07, 6.45) is 0.623. The summed E-state index contributed by atoms with van der Waals surface area (Å²) in [6, 6.07) is 5.39. The van der Waals surface area contributed by atoms with Crippen molar-refractivity contribution in [3.63, 3.8) is 0 Å². The molecule has 1 aromatic carbocycles. The maximum absolute atomic E-state index is 9.30. The van der Waals surface area contributed by atoms with Crippen LogP contribution in [0.25, 0.3) is 0 Å². The van der Waals surface area contributed by atoms with Crippen molar-refractivity contribution in [1.29, 1.82) is 0 Å². The molecule has 0 bridgehead atoms. The number of aliphatic hydroxyl groups excluding tert-OH is 2. The van der Waals surface area contributed by atoms with E-state index in [1.807, 2.05) is 19.1 Å². The minimum absolute atomic E-state index is 0.127. The van der Waals surface area contributed by atoms with Gasteiger partial charge in [-0.1, -0.05) is 42.3 Å². The molecule has 0 saturated heterocycles. The molecule has 3 nitrogen and oxygen atoms in total. The van der Waals surface area contributed by atoms with Crippen LogP contribution in [0.4, 0.5) is 0 Å². The summed E-state index contributed by atoms with van der Waals surface area (Å²) < 4.78 is 0. The zero-order valence-electron chi connectivity index (χ0n) is 9.71. The molecule has 0 unspecified atom stereocenters. The Morgan fingerprint density at radius 1 is 1.24 bits per heavy atom. The fraction of sp³-hybridized carbons (Fsp3) is 0.500. The average Bonchev–Trinajstić information content (AvgIpc) is 2.36. The topological polar surface area (TPSA) is 52.5 Å². The average molecular weight is 278 g/mol.